The van der Waals surface area contributed by atoms with Crippen LogP contribution in [0.3, 0.4) is 0 Å². The fraction of sp³-hybridized carbons (Fsp3) is 0.286. The first-order chi connectivity index (χ1) is 13.5. The summed E-state index contributed by atoms with van der Waals surface area (Å²) in [4.78, 5) is 26.3. The van der Waals surface area contributed by atoms with Gasteiger partial charge in [0.1, 0.15) is 5.75 Å². The van der Waals surface area contributed by atoms with Crippen LogP contribution >= 0.6 is 0 Å². The van der Waals surface area contributed by atoms with Crippen molar-refractivity contribution in [2.24, 2.45) is 5.92 Å². The lowest BCUT2D eigenvalue weighted by molar-refractivity contribution is -0.122. The van der Waals surface area contributed by atoms with Crippen molar-refractivity contribution in [2.45, 2.75) is 19.8 Å². The largest absolute Gasteiger partial charge is 0.491 e. The SMILES string of the molecule is C[C@H]1COc2ccc(CCC(=O)Nc3ccc4cn[nH]c4c3)cc2N(C)C1=O. The number of rotatable bonds is 4. The number of ether oxygens (including phenoxy) is 1. The highest BCUT2D eigenvalue weighted by Gasteiger charge is 2.26. The molecule has 1 aliphatic rings. The van der Waals surface area contributed by atoms with Gasteiger partial charge in [0, 0.05) is 24.5 Å². The van der Waals surface area contributed by atoms with Gasteiger partial charge in [0.2, 0.25) is 11.8 Å². The second kappa shape index (κ2) is 7.34. The predicted molar refractivity (Wildman–Crippen MR) is 108 cm³/mol. The van der Waals surface area contributed by atoms with Gasteiger partial charge in [-0.1, -0.05) is 13.0 Å². The zero-order valence-corrected chi connectivity index (χ0v) is 15.9. The average molecular weight is 378 g/mol. The van der Waals surface area contributed by atoms with Gasteiger partial charge in [-0.3, -0.25) is 14.7 Å². The number of aromatic amines is 1. The first-order valence-corrected chi connectivity index (χ1v) is 9.27. The standard InChI is InChI=1S/C21H22N4O3/c1-13-12-28-19-7-3-14(9-18(19)25(2)21(13)27)4-8-20(26)23-16-6-5-15-11-22-24-17(15)10-16/h3,5-7,9-11,13H,4,8,12H2,1-2H3,(H,22,24)(H,23,26)/t13-/m0/s1. The Morgan fingerprint density at radius 3 is 3.04 bits per heavy atom. The Labute approximate surface area is 162 Å². The number of nitrogens with zero attached hydrogens (tertiary/aromatic N) is 2. The third kappa shape index (κ3) is 3.55. The summed E-state index contributed by atoms with van der Waals surface area (Å²) < 4.78 is 5.74. The van der Waals surface area contributed by atoms with E-state index in [1.807, 2.05) is 43.3 Å². The van der Waals surface area contributed by atoms with Crippen LogP contribution in [0, 0.1) is 5.92 Å². The molecule has 28 heavy (non-hydrogen) atoms. The van der Waals surface area contributed by atoms with Crippen molar-refractivity contribution in [1.29, 1.82) is 0 Å². The monoisotopic (exact) mass is 378 g/mol. The van der Waals surface area contributed by atoms with Crippen LogP contribution in [0.1, 0.15) is 18.9 Å². The first kappa shape index (κ1) is 18.0. The Bertz CT molecular complexity index is 1040. The van der Waals surface area contributed by atoms with Gasteiger partial charge < -0.3 is 15.0 Å². The second-order valence-electron chi connectivity index (χ2n) is 7.13. The van der Waals surface area contributed by atoms with Crippen LogP contribution in [0.4, 0.5) is 11.4 Å². The molecule has 7 heteroatoms. The Hall–Kier alpha value is -3.35. The summed E-state index contributed by atoms with van der Waals surface area (Å²) >= 11 is 0. The zero-order chi connectivity index (χ0) is 19.7. The molecule has 0 saturated carbocycles. The summed E-state index contributed by atoms with van der Waals surface area (Å²) in [7, 11) is 1.76. The minimum atomic E-state index is -0.182. The minimum absolute atomic E-state index is 0.0304. The summed E-state index contributed by atoms with van der Waals surface area (Å²) in [6, 6.07) is 11.4. The number of hydrogen-bond donors (Lipinski definition) is 2. The number of H-pyrrole nitrogens is 1. The molecule has 1 aromatic heterocycles. The third-order valence-electron chi connectivity index (χ3n) is 4.99. The molecule has 4 rings (SSSR count). The van der Waals surface area contributed by atoms with Crippen LogP contribution in [0.5, 0.6) is 5.75 Å². The number of amides is 2. The normalized spacial score (nSPS) is 16.4. The van der Waals surface area contributed by atoms with E-state index in [0.717, 1.165) is 27.8 Å². The van der Waals surface area contributed by atoms with Gasteiger partial charge in [0.15, 0.2) is 0 Å². The van der Waals surface area contributed by atoms with E-state index in [1.54, 1.807) is 18.1 Å². The van der Waals surface area contributed by atoms with Gasteiger partial charge in [-0.25, -0.2) is 0 Å². The van der Waals surface area contributed by atoms with Gasteiger partial charge in [0.25, 0.3) is 0 Å². The number of aromatic nitrogens is 2. The van der Waals surface area contributed by atoms with E-state index in [9.17, 15) is 9.59 Å². The zero-order valence-electron chi connectivity index (χ0n) is 15.9. The van der Waals surface area contributed by atoms with Crippen molar-refractivity contribution in [1.82, 2.24) is 10.2 Å². The Balaban J connectivity index is 1.42. The van der Waals surface area contributed by atoms with Crippen molar-refractivity contribution in [3.8, 4) is 5.75 Å². The molecule has 0 bridgehead atoms. The number of hydrogen-bond acceptors (Lipinski definition) is 4. The summed E-state index contributed by atoms with van der Waals surface area (Å²) in [5.41, 5.74) is 3.34. The molecule has 2 amide bonds. The smallest absolute Gasteiger partial charge is 0.233 e. The Kier molecular flexibility index (Phi) is 4.73. The van der Waals surface area contributed by atoms with Gasteiger partial charge in [0.05, 0.1) is 29.9 Å². The van der Waals surface area contributed by atoms with Crippen molar-refractivity contribution < 1.29 is 14.3 Å². The van der Waals surface area contributed by atoms with E-state index in [0.29, 0.717) is 25.2 Å². The summed E-state index contributed by atoms with van der Waals surface area (Å²) in [6.45, 7) is 2.23. The Morgan fingerprint density at radius 1 is 1.32 bits per heavy atom. The van der Waals surface area contributed by atoms with Crippen LogP contribution in [0.15, 0.2) is 42.6 Å². The number of fused-ring (bicyclic) bond motifs is 2. The lowest BCUT2D eigenvalue weighted by Crippen LogP contribution is -2.31. The van der Waals surface area contributed by atoms with Gasteiger partial charge in [-0.2, -0.15) is 5.10 Å². The summed E-state index contributed by atoms with van der Waals surface area (Å²) in [5.74, 6) is 0.478. The van der Waals surface area contributed by atoms with Crippen LogP contribution < -0.4 is 15.0 Å². The van der Waals surface area contributed by atoms with E-state index in [-0.39, 0.29) is 17.7 Å². The Morgan fingerprint density at radius 2 is 2.18 bits per heavy atom. The lowest BCUT2D eigenvalue weighted by Gasteiger charge is -2.18. The molecule has 0 saturated heterocycles. The van der Waals surface area contributed by atoms with Crippen molar-refractivity contribution in [3.05, 3.63) is 48.2 Å². The number of anilines is 2. The maximum absolute atomic E-state index is 12.3. The molecule has 2 heterocycles. The minimum Gasteiger partial charge on any atom is -0.491 e. The fourth-order valence-electron chi connectivity index (χ4n) is 3.33. The van der Waals surface area contributed by atoms with Crippen LogP contribution in [-0.2, 0) is 16.0 Å². The molecular formula is C21H22N4O3. The number of aryl methyl sites for hydroxylation is 1. The van der Waals surface area contributed by atoms with E-state index in [1.165, 1.54) is 0 Å². The number of carbonyl (C=O) groups is 2. The topological polar surface area (TPSA) is 87.3 Å². The molecule has 7 nitrogen and oxygen atoms in total. The quantitative estimate of drug-likeness (QED) is 0.730. The molecule has 144 valence electrons. The number of nitrogens with one attached hydrogen (secondary N) is 2. The number of carbonyl (C=O) groups excluding carboxylic acids is 2. The molecule has 1 atom stereocenters. The van der Waals surface area contributed by atoms with Gasteiger partial charge in [-0.05, 0) is 42.3 Å². The molecular weight excluding hydrogens is 356 g/mol. The van der Waals surface area contributed by atoms with E-state index >= 15 is 0 Å². The van der Waals surface area contributed by atoms with E-state index in [2.05, 4.69) is 15.5 Å². The average Bonchev–Trinajstić information content (AvgIpc) is 3.13. The van der Waals surface area contributed by atoms with E-state index < -0.39 is 0 Å². The molecule has 3 aromatic rings. The molecule has 2 N–H and O–H groups in total. The maximum atomic E-state index is 12.3. The molecule has 0 radical (unpaired) electrons. The lowest BCUT2D eigenvalue weighted by atomic mass is 10.1. The van der Waals surface area contributed by atoms with Gasteiger partial charge >= 0.3 is 0 Å². The second-order valence-corrected chi connectivity index (χ2v) is 7.13. The molecule has 0 spiro atoms. The molecule has 0 aliphatic carbocycles. The molecule has 2 aromatic carbocycles. The van der Waals surface area contributed by atoms with Gasteiger partial charge in [-0.15, -0.1) is 0 Å². The maximum Gasteiger partial charge on any atom is 0.233 e. The van der Waals surface area contributed by atoms with Crippen LogP contribution in [0.2, 0.25) is 0 Å². The van der Waals surface area contributed by atoms with Crippen LogP contribution in [0.25, 0.3) is 10.9 Å². The number of benzene rings is 2. The molecule has 1 aliphatic heterocycles. The molecule has 0 fully saturated rings. The fourth-order valence-corrected chi connectivity index (χ4v) is 3.33. The van der Waals surface area contributed by atoms with Crippen LogP contribution in [-0.4, -0.2) is 35.7 Å². The van der Waals surface area contributed by atoms with Crippen molar-refractivity contribution in [3.63, 3.8) is 0 Å². The third-order valence-corrected chi connectivity index (χ3v) is 4.99. The summed E-state index contributed by atoms with van der Waals surface area (Å²) in [6.07, 6.45) is 2.66. The van der Waals surface area contributed by atoms with E-state index in [4.69, 9.17) is 4.74 Å². The predicted octanol–water partition coefficient (Wildman–Crippen LogP) is 3.13. The van der Waals surface area contributed by atoms with Crippen molar-refractivity contribution >= 4 is 34.1 Å². The highest BCUT2D eigenvalue weighted by atomic mass is 16.5. The highest BCUT2D eigenvalue weighted by molar-refractivity contribution is 5.97. The summed E-state index contributed by atoms with van der Waals surface area (Å²) in [5, 5.41) is 10.8. The molecule has 0 unspecified atom stereocenters. The van der Waals surface area contributed by atoms with Crippen molar-refractivity contribution in [2.75, 3.05) is 23.9 Å². The first-order valence-electron chi connectivity index (χ1n) is 9.27. The highest BCUT2D eigenvalue weighted by Crippen LogP contribution is 2.33.